The highest BCUT2D eigenvalue weighted by molar-refractivity contribution is 7.98. The van der Waals surface area contributed by atoms with E-state index in [2.05, 4.69) is 53.4 Å². The standard InChI is InChI=1S/C16H27N3S/c1-18(10-11-20-2)16(13-17)8-9-19(14-16)12-15-6-4-3-5-7-15/h3-7H,8-14,17H2,1-2H3. The first-order chi connectivity index (χ1) is 9.70. The molecule has 4 heteroatoms. The Labute approximate surface area is 127 Å². The second kappa shape index (κ2) is 7.46. The molecule has 20 heavy (non-hydrogen) atoms. The van der Waals surface area contributed by atoms with E-state index in [-0.39, 0.29) is 5.54 Å². The molecule has 2 N–H and O–H groups in total. The van der Waals surface area contributed by atoms with Crippen molar-refractivity contribution in [2.75, 3.05) is 45.2 Å². The Morgan fingerprint density at radius 1 is 1.35 bits per heavy atom. The molecule has 1 unspecified atom stereocenters. The lowest BCUT2D eigenvalue weighted by molar-refractivity contribution is 0.136. The summed E-state index contributed by atoms with van der Waals surface area (Å²) in [6.07, 6.45) is 3.35. The quantitative estimate of drug-likeness (QED) is 0.832. The summed E-state index contributed by atoms with van der Waals surface area (Å²) in [5.74, 6) is 1.18. The molecule has 0 radical (unpaired) electrons. The topological polar surface area (TPSA) is 32.5 Å². The molecule has 1 aromatic carbocycles. The third-order valence-electron chi connectivity index (χ3n) is 4.48. The number of hydrogen-bond donors (Lipinski definition) is 1. The van der Waals surface area contributed by atoms with Crippen molar-refractivity contribution in [3.63, 3.8) is 0 Å². The van der Waals surface area contributed by atoms with Crippen molar-refractivity contribution in [2.45, 2.75) is 18.5 Å². The molecule has 3 nitrogen and oxygen atoms in total. The van der Waals surface area contributed by atoms with Gasteiger partial charge in [0.25, 0.3) is 0 Å². The zero-order valence-corrected chi connectivity index (χ0v) is 13.5. The van der Waals surface area contributed by atoms with Crippen molar-refractivity contribution < 1.29 is 0 Å². The molecule has 1 fully saturated rings. The van der Waals surface area contributed by atoms with E-state index in [1.54, 1.807) is 0 Å². The summed E-state index contributed by atoms with van der Waals surface area (Å²) in [6.45, 7) is 5.15. The Kier molecular flexibility index (Phi) is 5.90. The highest BCUT2D eigenvalue weighted by atomic mass is 32.2. The lowest BCUT2D eigenvalue weighted by Crippen LogP contribution is -2.54. The Balaban J connectivity index is 1.94. The van der Waals surface area contributed by atoms with Crippen LogP contribution in [-0.4, -0.2) is 60.6 Å². The molecular formula is C16H27N3S. The summed E-state index contributed by atoms with van der Waals surface area (Å²) >= 11 is 1.91. The molecule has 0 spiro atoms. The fourth-order valence-corrected chi connectivity index (χ4v) is 3.47. The average Bonchev–Trinajstić information content (AvgIpc) is 2.90. The third-order valence-corrected chi connectivity index (χ3v) is 5.07. The van der Waals surface area contributed by atoms with Crippen molar-refractivity contribution >= 4 is 11.8 Å². The van der Waals surface area contributed by atoms with Crippen LogP contribution in [-0.2, 0) is 6.54 Å². The van der Waals surface area contributed by atoms with Gasteiger partial charge in [0.1, 0.15) is 0 Å². The minimum atomic E-state index is 0.171. The number of likely N-dealkylation sites (tertiary alicyclic amines) is 1. The van der Waals surface area contributed by atoms with Gasteiger partial charge in [-0.1, -0.05) is 30.3 Å². The zero-order chi connectivity index (χ0) is 14.4. The van der Waals surface area contributed by atoms with Crippen LogP contribution < -0.4 is 5.73 Å². The van der Waals surface area contributed by atoms with E-state index in [1.165, 1.54) is 17.7 Å². The molecule has 0 saturated carbocycles. The molecule has 2 rings (SSSR count). The van der Waals surface area contributed by atoms with Gasteiger partial charge in [-0.25, -0.2) is 0 Å². The monoisotopic (exact) mass is 293 g/mol. The van der Waals surface area contributed by atoms with Crippen molar-refractivity contribution in [1.82, 2.24) is 9.80 Å². The summed E-state index contributed by atoms with van der Waals surface area (Å²) in [6, 6.07) is 10.7. The van der Waals surface area contributed by atoms with Crippen molar-refractivity contribution in [3.05, 3.63) is 35.9 Å². The van der Waals surface area contributed by atoms with Gasteiger partial charge in [-0.05, 0) is 25.3 Å². The smallest absolute Gasteiger partial charge is 0.0467 e. The van der Waals surface area contributed by atoms with Crippen LogP contribution in [0.15, 0.2) is 30.3 Å². The summed E-state index contributed by atoms with van der Waals surface area (Å²) in [7, 11) is 2.23. The molecule has 1 atom stereocenters. The van der Waals surface area contributed by atoms with Gasteiger partial charge >= 0.3 is 0 Å². The lowest BCUT2D eigenvalue weighted by Gasteiger charge is -2.38. The predicted octanol–water partition coefficient (Wildman–Crippen LogP) is 1.88. The van der Waals surface area contributed by atoms with Crippen LogP contribution in [0.1, 0.15) is 12.0 Å². The number of nitrogens with zero attached hydrogens (tertiary/aromatic N) is 2. The second-order valence-electron chi connectivity index (χ2n) is 5.79. The molecule has 0 amide bonds. The van der Waals surface area contributed by atoms with Crippen LogP contribution >= 0.6 is 11.8 Å². The van der Waals surface area contributed by atoms with E-state index in [1.807, 2.05) is 11.8 Å². The Bertz CT molecular complexity index is 398. The molecule has 0 aromatic heterocycles. The van der Waals surface area contributed by atoms with E-state index in [0.29, 0.717) is 0 Å². The number of likely N-dealkylation sites (N-methyl/N-ethyl adjacent to an activating group) is 1. The molecule has 1 heterocycles. The van der Waals surface area contributed by atoms with Crippen LogP contribution in [0.2, 0.25) is 0 Å². The summed E-state index contributed by atoms with van der Waals surface area (Å²) in [5.41, 5.74) is 7.69. The Hall–Kier alpha value is -0.550. The van der Waals surface area contributed by atoms with Crippen LogP contribution in [0.25, 0.3) is 0 Å². The summed E-state index contributed by atoms with van der Waals surface area (Å²) in [5, 5.41) is 0. The minimum absolute atomic E-state index is 0.171. The fourth-order valence-electron chi connectivity index (χ4n) is 3.02. The highest BCUT2D eigenvalue weighted by Crippen LogP contribution is 2.27. The molecule has 0 aliphatic carbocycles. The fraction of sp³-hybridized carbons (Fsp3) is 0.625. The first kappa shape index (κ1) is 15.8. The number of thioether (sulfide) groups is 1. The largest absolute Gasteiger partial charge is 0.329 e. The van der Waals surface area contributed by atoms with E-state index >= 15 is 0 Å². The van der Waals surface area contributed by atoms with Crippen LogP contribution in [0.5, 0.6) is 0 Å². The molecule has 1 aliphatic rings. The molecule has 0 bridgehead atoms. The van der Waals surface area contributed by atoms with Crippen molar-refractivity contribution in [1.29, 1.82) is 0 Å². The third kappa shape index (κ3) is 3.76. The van der Waals surface area contributed by atoms with Gasteiger partial charge in [-0.2, -0.15) is 11.8 Å². The van der Waals surface area contributed by atoms with Crippen LogP contribution in [0.4, 0.5) is 0 Å². The first-order valence-electron chi connectivity index (χ1n) is 7.37. The molecular weight excluding hydrogens is 266 g/mol. The number of rotatable bonds is 7. The van der Waals surface area contributed by atoms with Crippen molar-refractivity contribution in [2.24, 2.45) is 5.73 Å². The molecule has 1 aromatic rings. The van der Waals surface area contributed by atoms with Crippen LogP contribution in [0.3, 0.4) is 0 Å². The zero-order valence-electron chi connectivity index (χ0n) is 12.7. The molecule has 1 saturated heterocycles. The maximum absolute atomic E-state index is 6.12. The average molecular weight is 293 g/mol. The van der Waals surface area contributed by atoms with E-state index in [0.717, 1.165) is 32.7 Å². The van der Waals surface area contributed by atoms with Gasteiger partial charge < -0.3 is 5.73 Å². The number of hydrogen-bond acceptors (Lipinski definition) is 4. The number of benzene rings is 1. The maximum Gasteiger partial charge on any atom is 0.0467 e. The predicted molar refractivity (Wildman–Crippen MR) is 89.1 cm³/mol. The second-order valence-corrected chi connectivity index (χ2v) is 6.77. The Morgan fingerprint density at radius 2 is 2.10 bits per heavy atom. The normalized spacial score (nSPS) is 23.6. The summed E-state index contributed by atoms with van der Waals surface area (Å²) < 4.78 is 0. The van der Waals surface area contributed by atoms with Crippen LogP contribution in [0, 0.1) is 0 Å². The van der Waals surface area contributed by atoms with Gasteiger partial charge in [0.15, 0.2) is 0 Å². The molecule has 1 aliphatic heterocycles. The maximum atomic E-state index is 6.12. The SMILES string of the molecule is CSCCN(C)C1(CN)CCN(Cc2ccccc2)C1. The van der Waals surface area contributed by atoms with E-state index in [9.17, 15) is 0 Å². The lowest BCUT2D eigenvalue weighted by atomic mass is 9.97. The van der Waals surface area contributed by atoms with E-state index in [4.69, 9.17) is 5.73 Å². The van der Waals surface area contributed by atoms with E-state index < -0.39 is 0 Å². The van der Waals surface area contributed by atoms with Gasteiger partial charge in [0.2, 0.25) is 0 Å². The van der Waals surface area contributed by atoms with Crippen molar-refractivity contribution in [3.8, 4) is 0 Å². The van der Waals surface area contributed by atoms with Gasteiger partial charge in [0, 0.05) is 44.0 Å². The minimum Gasteiger partial charge on any atom is -0.329 e. The Morgan fingerprint density at radius 3 is 2.75 bits per heavy atom. The first-order valence-corrected chi connectivity index (χ1v) is 8.76. The highest BCUT2D eigenvalue weighted by Gasteiger charge is 2.39. The van der Waals surface area contributed by atoms with Gasteiger partial charge in [0.05, 0.1) is 0 Å². The summed E-state index contributed by atoms with van der Waals surface area (Å²) in [4.78, 5) is 5.02. The number of nitrogens with two attached hydrogens (primary N) is 1. The molecule has 112 valence electrons. The van der Waals surface area contributed by atoms with Gasteiger partial charge in [-0.15, -0.1) is 0 Å². The van der Waals surface area contributed by atoms with Gasteiger partial charge in [-0.3, -0.25) is 9.80 Å².